The summed E-state index contributed by atoms with van der Waals surface area (Å²) in [7, 11) is 1.61. The molecule has 1 atom stereocenters. The lowest BCUT2D eigenvalue weighted by Crippen LogP contribution is -2.53. The van der Waals surface area contributed by atoms with Crippen molar-refractivity contribution in [2.45, 2.75) is 83.2 Å². The van der Waals surface area contributed by atoms with Crippen LogP contribution < -0.4 is 11.4 Å². The van der Waals surface area contributed by atoms with E-state index < -0.39 is 18.0 Å². The van der Waals surface area contributed by atoms with Crippen molar-refractivity contribution in [1.82, 2.24) is 14.0 Å². The zero-order valence-corrected chi connectivity index (χ0v) is 18.7. The summed E-state index contributed by atoms with van der Waals surface area (Å²) < 4.78 is 3.06. The van der Waals surface area contributed by atoms with Gasteiger partial charge in [0.05, 0.1) is 11.0 Å². The fourth-order valence-electron chi connectivity index (χ4n) is 5.67. The minimum Gasteiger partial charge on any atom is -0.368 e. The fourth-order valence-corrected chi connectivity index (χ4v) is 5.67. The second-order valence-corrected chi connectivity index (χ2v) is 9.41. The second kappa shape index (κ2) is 8.89. The number of carbonyl (C=O) groups is 2. The van der Waals surface area contributed by atoms with Gasteiger partial charge in [-0.05, 0) is 56.2 Å². The first-order valence-electron chi connectivity index (χ1n) is 11.7. The van der Waals surface area contributed by atoms with Crippen LogP contribution in [0.25, 0.3) is 11.0 Å². The summed E-state index contributed by atoms with van der Waals surface area (Å²) in [5.41, 5.74) is 7.89. The van der Waals surface area contributed by atoms with E-state index in [1.165, 1.54) is 15.9 Å². The predicted molar refractivity (Wildman–Crippen MR) is 121 cm³/mol. The van der Waals surface area contributed by atoms with Crippen molar-refractivity contribution in [1.29, 1.82) is 0 Å². The van der Waals surface area contributed by atoms with E-state index in [1.807, 2.05) is 29.7 Å². The number of carbonyl (C=O) groups excluding carboxylic acids is 2. The summed E-state index contributed by atoms with van der Waals surface area (Å²) in [5.74, 6) is -0.451. The third-order valence-electron chi connectivity index (χ3n) is 7.27. The van der Waals surface area contributed by atoms with Crippen LogP contribution in [0.15, 0.2) is 23.0 Å². The number of hydrogen-bond acceptors (Lipinski definition) is 3. The van der Waals surface area contributed by atoms with Crippen LogP contribution in [-0.4, -0.2) is 39.1 Å². The van der Waals surface area contributed by atoms with Gasteiger partial charge in [-0.25, -0.2) is 14.2 Å². The van der Waals surface area contributed by atoms with Gasteiger partial charge in [-0.1, -0.05) is 44.6 Å². The van der Waals surface area contributed by atoms with Crippen molar-refractivity contribution in [3.8, 4) is 0 Å². The molecule has 1 heterocycles. The summed E-state index contributed by atoms with van der Waals surface area (Å²) in [6, 6.07) is 4.69. The molecule has 2 N–H and O–H groups in total. The van der Waals surface area contributed by atoms with Gasteiger partial charge in [-0.3, -0.25) is 9.36 Å². The molecular formula is C24H34N4O3. The molecule has 2 saturated carbocycles. The molecule has 2 aliphatic carbocycles. The van der Waals surface area contributed by atoms with Crippen LogP contribution in [0, 0.1) is 12.8 Å². The smallest absolute Gasteiger partial charge is 0.337 e. The minimum absolute atomic E-state index is 0.0461. The van der Waals surface area contributed by atoms with Gasteiger partial charge < -0.3 is 10.6 Å². The molecule has 7 heteroatoms. The number of likely N-dealkylation sites (N-methyl/N-ethyl adjacent to an activating group) is 1. The maximum absolute atomic E-state index is 13.6. The number of nitrogens with zero attached hydrogens (tertiary/aromatic N) is 3. The summed E-state index contributed by atoms with van der Waals surface area (Å²) in [6.07, 6.45) is 10.2. The number of amides is 2. The second-order valence-electron chi connectivity index (χ2n) is 9.41. The van der Waals surface area contributed by atoms with Gasteiger partial charge in [0, 0.05) is 13.1 Å². The van der Waals surface area contributed by atoms with Crippen molar-refractivity contribution in [3.63, 3.8) is 0 Å². The number of benzene rings is 1. The molecule has 0 spiro atoms. The molecule has 4 rings (SSSR count). The van der Waals surface area contributed by atoms with E-state index in [2.05, 4.69) is 0 Å². The number of imidazole rings is 1. The van der Waals surface area contributed by atoms with Gasteiger partial charge >= 0.3 is 11.7 Å². The Hall–Kier alpha value is -2.57. The van der Waals surface area contributed by atoms with E-state index in [4.69, 9.17) is 5.73 Å². The highest BCUT2D eigenvalue weighted by Crippen LogP contribution is 2.32. The molecule has 2 fully saturated rings. The Labute approximate surface area is 183 Å². The van der Waals surface area contributed by atoms with Crippen molar-refractivity contribution in [2.75, 3.05) is 7.05 Å². The lowest BCUT2D eigenvalue weighted by atomic mass is 9.83. The first kappa shape index (κ1) is 21.7. The van der Waals surface area contributed by atoms with E-state index >= 15 is 0 Å². The highest BCUT2D eigenvalue weighted by molar-refractivity contribution is 5.92. The molecule has 0 saturated heterocycles. The van der Waals surface area contributed by atoms with Crippen LogP contribution >= 0.6 is 0 Å². The quantitative estimate of drug-likeness (QED) is 0.802. The van der Waals surface area contributed by atoms with Crippen LogP contribution in [0.4, 0.5) is 4.79 Å². The number of aryl methyl sites for hydroxylation is 1. The summed E-state index contributed by atoms with van der Waals surface area (Å²) in [5, 5.41) is 0. The third-order valence-corrected chi connectivity index (χ3v) is 7.27. The highest BCUT2D eigenvalue weighted by atomic mass is 16.2. The standard InChI is InChI=1S/C24H34N4O3/c1-16-13-14-19-20(15-16)27(18-11-7-4-8-12-18)24(31)28(19)23(30)26(2)21(22(25)29)17-9-5-3-6-10-17/h13-15,17-18,21H,3-12H2,1-2H3,(H2,25,29)/t21-/m0/s1. The minimum atomic E-state index is -0.696. The molecule has 0 aliphatic heterocycles. The van der Waals surface area contributed by atoms with Gasteiger partial charge in [-0.15, -0.1) is 0 Å². The summed E-state index contributed by atoms with van der Waals surface area (Å²) in [4.78, 5) is 41.0. The van der Waals surface area contributed by atoms with E-state index in [9.17, 15) is 14.4 Å². The van der Waals surface area contributed by atoms with Gasteiger partial charge in [0.1, 0.15) is 6.04 Å². The van der Waals surface area contributed by atoms with Gasteiger partial charge in [-0.2, -0.15) is 0 Å². The van der Waals surface area contributed by atoms with Gasteiger partial charge in [0.15, 0.2) is 0 Å². The van der Waals surface area contributed by atoms with Crippen LogP contribution in [0.5, 0.6) is 0 Å². The summed E-state index contributed by atoms with van der Waals surface area (Å²) >= 11 is 0. The van der Waals surface area contributed by atoms with Crippen molar-refractivity contribution >= 4 is 23.0 Å². The lowest BCUT2D eigenvalue weighted by molar-refractivity contribution is -0.124. The maximum atomic E-state index is 13.6. The molecule has 2 aliphatic rings. The van der Waals surface area contributed by atoms with E-state index in [1.54, 1.807) is 7.05 Å². The summed E-state index contributed by atoms with van der Waals surface area (Å²) in [6.45, 7) is 1.99. The van der Waals surface area contributed by atoms with Crippen LogP contribution in [0.1, 0.15) is 75.8 Å². The Morgan fingerprint density at radius 1 is 1.00 bits per heavy atom. The monoisotopic (exact) mass is 426 g/mol. The Morgan fingerprint density at radius 3 is 2.23 bits per heavy atom. The molecule has 7 nitrogen and oxygen atoms in total. The van der Waals surface area contributed by atoms with Crippen LogP contribution in [-0.2, 0) is 4.79 Å². The molecule has 1 aromatic heterocycles. The maximum Gasteiger partial charge on any atom is 0.337 e. The first-order valence-corrected chi connectivity index (χ1v) is 11.7. The van der Waals surface area contributed by atoms with Crippen molar-refractivity contribution in [2.24, 2.45) is 11.7 Å². The highest BCUT2D eigenvalue weighted by Gasteiger charge is 2.36. The first-order chi connectivity index (χ1) is 14.9. The Morgan fingerprint density at radius 2 is 1.61 bits per heavy atom. The molecule has 1 aromatic carbocycles. The van der Waals surface area contributed by atoms with Crippen LogP contribution in [0.3, 0.4) is 0 Å². The number of rotatable bonds is 4. The number of nitrogens with two attached hydrogens (primary N) is 1. The molecule has 0 unspecified atom stereocenters. The van der Waals surface area contributed by atoms with E-state index in [-0.39, 0.29) is 17.6 Å². The van der Waals surface area contributed by atoms with Crippen LogP contribution in [0.2, 0.25) is 0 Å². The van der Waals surface area contributed by atoms with Crippen molar-refractivity contribution in [3.05, 3.63) is 34.2 Å². The van der Waals surface area contributed by atoms with Crippen molar-refractivity contribution < 1.29 is 9.59 Å². The third kappa shape index (κ3) is 4.02. The Balaban J connectivity index is 1.77. The van der Waals surface area contributed by atoms with E-state index in [0.29, 0.717) is 5.52 Å². The zero-order chi connectivity index (χ0) is 22.1. The molecule has 168 valence electrons. The number of hydrogen-bond donors (Lipinski definition) is 1. The van der Waals surface area contributed by atoms with E-state index in [0.717, 1.165) is 68.9 Å². The molecule has 0 radical (unpaired) electrons. The normalized spacial score (nSPS) is 19.4. The number of primary amides is 1. The molecule has 31 heavy (non-hydrogen) atoms. The molecule has 0 bridgehead atoms. The fraction of sp³-hybridized carbons (Fsp3) is 0.625. The topological polar surface area (TPSA) is 90.3 Å². The Bertz CT molecular complexity index is 1030. The van der Waals surface area contributed by atoms with Gasteiger partial charge in [0.2, 0.25) is 5.91 Å². The predicted octanol–water partition coefficient (Wildman–Crippen LogP) is 3.95. The number of fused-ring (bicyclic) bond motifs is 1. The van der Waals surface area contributed by atoms with Gasteiger partial charge in [0.25, 0.3) is 0 Å². The number of aromatic nitrogens is 2. The lowest BCUT2D eigenvalue weighted by Gasteiger charge is -2.34. The largest absolute Gasteiger partial charge is 0.368 e. The molecule has 2 aromatic rings. The SMILES string of the molecule is Cc1ccc2c(c1)n(C1CCCCC1)c(=O)n2C(=O)N(C)[C@H](C(N)=O)C1CCCCC1. The molecular weight excluding hydrogens is 392 g/mol. The zero-order valence-electron chi connectivity index (χ0n) is 18.7. The Kier molecular flexibility index (Phi) is 6.21. The average Bonchev–Trinajstić information content (AvgIpc) is 3.05. The molecule has 2 amide bonds. The average molecular weight is 427 g/mol.